The fourth-order valence-corrected chi connectivity index (χ4v) is 1.48. The number of halogens is 4. The maximum absolute atomic E-state index is 13.0. The van der Waals surface area contributed by atoms with Crippen LogP contribution in [0.1, 0.15) is 30.4 Å². The molecule has 0 aliphatic rings. The maximum Gasteiger partial charge on any atom is 0.419 e. The van der Waals surface area contributed by atoms with Crippen LogP contribution in [0, 0.1) is 5.82 Å². The Labute approximate surface area is 91.3 Å². The Hall–Kier alpha value is -1.10. The van der Waals surface area contributed by atoms with E-state index in [0.717, 1.165) is 12.1 Å². The Morgan fingerprint density at radius 1 is 1.31 bits per heavy atom. The zero-order valence-corrected chi connectivity index (χ0v) is 8.81. The van der Waals surface area contributed by atoms with E-state index >= 15 is 0 Å². The molecule has 90 valence electrons. The van der Waals surface area contributed by atoms with Crippen molar-refractivity contribution in [3.05, 3.63) is 35.1 Å². The maximum atomic E-state index is 13.0. The van der Waals surface area contributed by atoms with Crippen LogP contribution < -0.4 is 5.73 Å². The Kier molecular flexibility index (Phi) is 3.91. The summed E-state index contributed by atoms with van der Waals surface area (Å²) in [6.45, 7) is 2.15. The second kappa shape index (κ2) is 4.82. The Morgan fingerprint density at radius 2 is 1.94 bits per heavy atom. The molecule has 0 fully saturated rings. The Morgan fingerprint density at radius 3 is 2.44 bits per heavy atom. The average molecular weight is 235 g/mol. The molecule has 1 rings (SSSR count). The summed E-state index contributed by atoms with van der Waals surface area (Å²) in [5, 5.41) is 0. The van der Waals surface area contributed by atoms with Gasteiger partial charge in [-0.05, 0) is 36.6 Å². The van der Waals surface area contributed by atoms with E-state index in [9.17, 15) is 17.6 Å². The molecule has 1 atom stereocenters. The van der Waals surface area contributed by atoms with Gasteiger partial charge in [0, 0.05) is 0 Å². The van der Waals surface area contributed by atoms with Crippen molar-refractivity contribution in [2.45, 2.75) is 25.4 Å². The highest BCUT2D eigenvalue weighted by Gasteiger charge is 2.34. The SMILES string of the molecule is CC(CCN)c1ccc(F)c(C(F)(F)F)c1. The van der Waals surface area contributed by atoms with Gasteiger partial charge in [-0.1, -0.05) is 13.0 Å². The van der Waals surface area contributed by atoms with Crippen LogP contribution in [0.3, 0.4) is 0 Å². The number of rotatable bonds is 3. The van der Waals surface area contributed by atoms with Crippen LogP contribution in [0.5, 0.6) is 0 Å². The molecule has 16 heavy (non-hydrogen) atoms. The zero-order chi connectivity index (χ0) is 12.3. The molecule has 1 aromatic rings. The number of hydrogen-bond donors (Lipinski definition) is 1. The number of benzene rings is 1. The van der Waals surface area contributed by atoms with E-state index in [1.54, 1.807) is 6.92 Å². The second-order valence-corrected chi connectivity index (χ2v) is 3.72. The summed E-state index contributed by atoms with van der Waals surface area (Å²) < 4.78 is 50.2. The van der Waals surface area contributed by atoms with Crippen LogP contribution in [-0.2, 0) is 6.18 Å². The predicted molar refractivity (Wildman–Crippen MR) is 53.5 cm³/mol. The van der Waals surface area contributed by atoms with Crippen LogP contribution in [0.4, 0.5) is 17.6 Å². The molecule has 0 heterocycles. The van der Waals surface area contributed by atoms with Gasteiger partial charge in [-0.15, -0.1) is 0 Å². The summed E-state index contributed by atoms with van der Waals surface area (Å²) in [6, 6.07) is 3.08. The minimum Gasteiger partial charge on any atom is -0.330 e. The molecule has 1 unspecified atom stereocenters. The molecule has 0 aliphatic carbocycles. The molecule has 0 aliphatic heterocycles. The molecule has 0 radical (unpaired) electrons. The normalized spacial score (nSPS) is 13.9. The Balaban J connectivity index is 3.07. The summed E-state index contributed by atoms with van der Waals surface area (Å²) in [7, 11) is 0. The number of hydrogen-bond acceptors (Lipinski definition) is 1. The van der Waals surface area contributed by atoms with Crippen molar-refractivity contribution in [2.24, 2.45) is 5.73 Å². The zero-order valence-electron chi connectivity index (χ0n) is 8.81. The number of nitrogens with two attached hydrogens (primary N) is 1. The fraction of sp³-hybridized carbons (Fsp3) is 0.455. The van der Waals surface area contributed by atoms with Crippen molar-refractivity contribution >= 4 is 0 Å². The summed E-state index contributed by atoms with van der Waals surface area (Å²) in [6.07, 6.45) is -4.08. The van der Waals surface area contributed by atoms with E-state index < -0.39 is 17.6 Å². The van der Waals surface area contributed by atoms with E-state index in [4.69, 9.17) is 5.73 Å². The van der Waals surface area contributed by atoms with E-state index in [0.29, 0.717) is 18.5 Å². The highest BCUT2D eigenvalue weighted by molar-refractivity contribution is 5.29. The standard InChI is InChI=1S/C11H13F4N/c1-7(4-5-16)8-2-3-10(12)9(6-8)11(13,14)15/h2-3,6-7H,4-5,16H2,1H3. The van der Waals surface area contributed by atoms with Crippen LogP contribution in [0.15, 0.2) is 18.2 Å². The van der Waals surface area contributed by atoms with Crippen molar-refractivity contribution < 1.29 is 17.6 Å². The molecular weight excluding hydrogens is 222 g/mol. The first kappa shape index (κ1) is 13.0. The molecule has 0 saturated carbocycles. The molecule has 1 nitrogen and oxygen atoms in total. The Bertz CT molecular complexity index is 359. The molecule has 0 amide bonds. The van der Waals surface area contributed by atoms with Gasteiger partial charge in [-0.3, -0.25) is 0 Å². The van der Waals surface area contributed by atoms with Gasteiger partial charge < -0.3 is 5.73 Å². The third-order valence-electron chi connectivity index (χ3n) is 2.46. The second-order valence-electron chi connectivity index (χ2n) is 3.72. The predicted octanol–water partition coefficient (Wildman–Crippen LogP) is 3.30. The van der Waals surface area contributed by atoms with Gasteiger partial charge in [-0.25, -0.2) is 4.39 Å². The minimum absolute atomic E-state index is 0.105. The quantitative estimate of drug-likeness (QED) is 0.799. The van der Waals surface area contributed by atoms with Gasteiger partial charge in [0.25, 0.3) is 0 Å². The minimum atomic E-state index is -4.65. The molecule has 0 spiro atoms. The van der Waals surface area contributed by atoms with Crippen molar-refractivity contribution in [1.82, 2.24) is 0 Å². The first-order valence-corrected chi connectivity index (χ1v) is 4.93. The summed E-state index contributed by atoms with van der Waals surface area (Å²) in [5.74, 6) is -1.34. The highest BCUT2D eigenvalue weighted by Crippen LogP contribution is 2.33. The van der Waals surface area contributed by atoms with Crippen LogP contribution in [0.2, 0.25) is 0 Å². The molecule has 1 aromatic carbocycles. The largest absolute Gasteiger partial charge is 0.419 e. The van der Waals surface area contributed by atoms with Crippen LogP contribution in [-0.4, -0.2) is 6.54 Å². The van der Waals surface area contributed by atoms with Crippen LogP contribution in [0.25, 0.3) is 0 Å². The van der Waals surface area contributed by atoms with Crippen LogP contribution >= 0.6 is 0 Å². The lowest BCUT2D eigenvalue weighted by atomic mass is 9.96. The molecule has 5 heteroatoms. The topological polar surface area (TPSA) is 26.0 Å². The first-order chi connectivity index (χ1) is 7.36. The average Bonchev–Trinajstić information content (AvgIpc) is 2.16. The van der Waals surface area contributed by atoms with Gasteiger partial charge >= 0.3 is 6.18 Å². The van der Waals surface area contributed by atoms with E-state index in [-0.39, 0.29) is 5.92 Å². The van der Waals surface area contributed by atoms with Gasteiger partial charge in [0.05, 0.1) is 5.56 Å². The van der Waals surface area contributed by atoms with Crippen molar-refractivity contribution in [3.8, 4) is 0 Å². The lowest BCUT2D eigenvalue weighted by Crippen LogP contribution is -2.10. The molecule has 0 saturated heterocycles. The van der Waals surface area contributed by atoms with Gasteiger partial charge in [-0.2, -0.15) is 13.2 Å². The summed E-state index contributed by atoms with van der Waals surface area (Å²) in [5.41, 5.74) is 4.57. The van der Waals surface area contributed by atoms with Gasteiger partial charge in [0.2, 0.25) is 0 Å². The summed E-state index contributed by atoms with van der Waals surface area (Å²) >= 11 is 0. The molecular formula is C11H13F4N. The van der Waals surface area contributed by atoms with E-state index in [2.05, 4.69) is 0 Å². The monoisotopic (exact) mass is 235 g/mol. The third-order valence-corrected chi connectivity index (χ3v) is 2.46. The molecule has 2 N–H and O–H groups in total. The molecule has 0 aromatic heterocycles. The fourth-order valence-electron chi connectivity index (χ4n) is 1.48. The smallest absolute Gasteiger partial charge is 0.330 e. The third kappa shape index (κ3) is 2.95. The first-order valence-electron chi connectivity index (χ1n) is 4.93. The van der Waals surface area contributed by atoms with Crippen molar-refractivity contribution in [1.29, 1.82) is 0 Å². The highest BCUT2D eigenvalue weighted by atomic mass is 19.4. The number of alkyl halides is 3. The molecule has 0 bridgehead atoms. The van der Waals surface area contributed by atoms with Gasteiger partial charge in [0.15, 0.2) is 0 Å². The summed E-state index contributed by atoms with van der Waals surface area (Å²) in [4.78, 5) is 0. The van der Waals surface area contributed by atoms with E-state index in [1.165, 1.54) is 6.07 Å². The van der Waals surface area contributed by atoms with Crippen molar-refractivity contribution in [2.75, 3.05) is 6.54 Å². The van der Waals surface area contributed by atoms with E-state index in [1.807, 2.05) is 0 Å². The van der Waals surface area contributed by atoms with Gasteiger partial charge in [0.1, 0.15) is 5.82 Å². The van der Waals surface area contributed by atoms with Crippen molar-refractivity contribution in [3.63, 3.8) is 0 Å². The lowest BCUT2D eigenvalue weighted by Gasteiger charge is -2.14. The lowest BCUT2D eigenvalue weighted by molar-refractivity contribution is -0.140.